The maximum absolute atomic E-state index is 13.0. The standard InChI is InChI=1S/C20H25N3O4/c1-3-22(12-17(24)25)14-8-10-23(11-9-14)20(27)18-13(2)15-6-4-5-7-16(15)21-19(18)26/h4-7,14H,3,8-12H2,1-2H3,(H,21,26)(H,24,25). The Labute approximate surface area is 157 Å². The van der Waals surface area contributed by atoms with Crippen molar-refractivity contribution in [1.82, 2.24) is 14.8 Å². The SMILES string of the molecule is CCN(CC(=O)O)C1CCN(C(=O)c2c(C)c3ccccc3[nH]c2=O)CC1. The number of para-hydroxylation sites is 1. The number of fused-ring (bicyclic) bond motifs is 1. The number of carboxylic acids is 1. The summed E-state index contributed by atoms with van der Waals surface area (Å²) in [7, 11) is 0. The van der Waals surface area contributed by atoms with Crippen LogP contribution in [0.3, 0.4) is 0 Å². The summed E-state index contributed by atoms with van der Waals surface area (Å²) in [6.45, 7) is 5.46. The molecule has 1 aliphatic rings. The number of carbonyl (C=O) groups excluding carboxylic acids is 1. The number of carboxylic acid groups (broad SMARTS) is 1. The largest absolute Gasteiger partial charge is 0.480 e. The molecule has 0 aliphatic carbocycles. The maximum Gasteiger partial charge on any atom is 0.317 e. The number of benzene rings is 1. The van der Waals surface area contributed by atoms with E-state index in [4.69, 9.17) is 5.11 Å². The van der Waals surface area contributed by atoms with E-state index in [1.54, 1.807) is 4.90 Å². The number of nitrogens with one attached hydrogen (secondary N) is 1. The Bertz CT molecular complexity index is 913. The minimum atomic E-state index is -0.839. The molecule has 1 saturated heterocycles. The number of piperidine rings is 1. The maximum atomic E-state index is 13.0. The number of hydrogen-bond acceptors (Lipinski definition) is 4. The van der Waals surface area contributed by atoms with Crippen LogP contribution in [0.25, 0.3) is 10.9 Å². The third-order valence-electron chi connectivity index (χ3n) is 5.41. The van der Waals surface area contributed by atoms with Crippen molar-refractivity contribution < 1.29 is 14.7 Å². The quantitative estimate of drug-likeness (QED) is 0.837. The third kappa shape index (κ3) is 3.88. The summed E-state index contributed by atoms with van der Waals surface area (Å²) in [5.74, 6) is -1.09. The van der Waals surface area contributed by atoms with Crippen molar-refractivity contribution >= 4 is 22.8 Å². The number of amides is 1. The molecule has 2 N–H and O–H groups in total. The Morgan fingerprint density at radius 1 is 1.26 bits per heavy atom. The molecule has 1 aromatic heterocycles. The number of carbonyl (C=O) groups is 2. The van der Waals surface area contributed by atoms with Gasteiger partial charge in [-0.2, -0.15) is 0 Å². The van der Waals surface area contributed by atoms with Gasteiger partial charge in [0.05, 0.1) is 6.54 Å². The molecule has 2 heterocycles. The highest BCUT2D eigenvalue weighted by molar-refractivity contribution is 5.99. The van der Waals surface area contributed by atoms with E-state index in [0.29, 0.717) is 38.0 Å². The van der Waals surface area contributed by atoms with Gasteiger partial charge in [0.25, 0.3) is 11.5 Å². The zero-order valence-corrected chi connectivity index (χ0v) is 15.7. The van der Waals surface area contributed by atoms with E-state index in [-0.39, 0.29) is 29.6 Å². The number of likely N-dealkylation sites (tertiary alicyclic amines) is 1. The highest BCUT2D eigenvalue weighted by Gasteiger charge is 2.29. The summed E-state index contributed by atoms with van der Waals surface area (Å²) in [6, 6.07) is 7.60. The average Bonchev–Trinajstić information content (AvgIpc) is 2.66. The van der Waals surface area contributed by atoms with Crippen LogP contribution in [0.5, 0.6) is 0 Å². The highest BCUT2D eigenvalue weighted by atomic mass is 16.4. The number of nitrogens with zero attached hydrogens (tertiary/aromatic N) is 2. The van der Waals surface area contributed by atoms with E-state index >= 15 is 0 Å². The Balaban J connectivity index is 1.78. The number of aromatic nitrogens is 1. The summed E-state index contributed by atoms with van der Waals surface area (Å²) in [5, 5.41) is 9.91. The molecule has 7 heteroatoms. The summed E-state index contributed by atoms with van der Waals surface area (Å²) in [5.41, 5.74) is 1.26. The first-order valence-electron chi connectivity index (χ1n) is 9.29. The van der Waals surface area contributed by atoms with Gasteiger partial charge in [-0.15, -0.1) is 0 Å². The molecule has 1 fully saturated rings. The lowest BCUT2D eigenvalue weighted by atomic mass is 10.00. The monoisotopic (exact) mass is 371 g/mol. The molecular weight excluding hydrogens is 346 g/mol. The van der Waals surface area contributed by atoms with Crippen LogP contribution in [-0.2, 0) is 4.79 Å². The van der Waals surface area contributed by atoms with Crippen molar-refractivity contribution in [2.75, 3.05) is 26.2 Å². The van der Waals surface area contributed by atoms with Gasteiger partial charge in [-0.1, -0.05) is 25.1 Å². The molecule has 0 saturated carbocycles. The van der Waals surface area contributed by atoms with Crippen LogP contribution in [0.1, 0.15) is 35.7 Å². The molecule has 0 radical (unpaired) electrons. The number of hydrogen-bond donors (Lipinski definition) is 2. The van der Waals surface area contributed by atoms with Crippen molar-refractivity contribution in [1.29, 1.82) is 0 Å². The number of likely N-dealkylation sites (N-methyl/N-ethyl adjacent to an activating group) is 1. The first-order chi connectivity index (χ1) is 12.9. The minimum absolute atomic E-state index is 0.0125. The second-order valence-electron chi connectivity index (χ2n) is 6.98. The van der Waals surface area contributed by atoms with Crippen LogP contribution in [0, 0.1) is 6.92 Å². The van der Waals surface area contributed by atoms with E-state index in [1.807, 2.05) is 43.0 Å². The van der Waals surface area contributed by atoms with E-state index in [9.17, 15) is 14.4 Å². The van der Waals surface area contributed by atoms with Crippen LogP contribution in [-0.4, -0.2) is 64.0 Å². The molecule has 0 atom stereocenters. The molecule has 0 spiro atoms. The van der Waals surface area contributed by atoms with Crippen LogP contribution >= 0.6 is 0 Å². The average molecular weight is 371 g/mol. The molecule has 1 amide bonds. The zero-order valence-electron chi connectivity index (χ0n) is 15.7. The first kappa shape index (κ1) is 19.1. The van der Waals surface area contributed by atoms with Crippen molar-refractivity contribution in [2.45, 2.75) is 32.7 Å². The van der Waals surface area contributed by atoms with Gasteiger partial charge in [-0.05, 0) is 37.9 Å². The van der Waals surface area contributed by atoms with E-state index in [0.717, 1.165) is 10.9 Å². The lowest BCUT2D eigenvalue weighted by Gasteiger charge is -2.37. The fraction of sp³-hybridized carbons (Fsp3) is 0.450. The Morgan fingerprint density at radius 2 is 1.93 bits per heavy atom. The second-order valence-corrected chi connectivity index (χ2v) is 6.98. The minimum Gasteiger partial charge on any atom is -0.480 e. The van der Waals surface area contributed by atoms with Crippen LogP contribution in [0.15, 0.2) is 29.1 Å². The van der Waals surface area contributed by atoms with Gasteiger partial charge < -0.3 is 15.0 Å². The fourth-order valence-electron chi connectivity index (χ4n) is 3.93. The van der Waals surface area contributed by atoms with Gasteiger partial charge in [0.2, 0.25) is 0 Å². The van der Waals surface area contributed by atoms with E-state index < -0.39 is 5.97 Å². The molecule has 27 heavy (non-hydrogen) atoms. The predicted molar refractivity (Wildman–Crippen MR) is 103 cm³/mol. The number of rotatable bonds is 5. The summed E-state index contributed by atoms with van der Waals surface area (Å²) >= 11 is 0. The smallest absolute Gasteiger partial charge is 0.317 e. The number of aromatic amines is 1. The molecule has 3 rings (SSSR count). The van der Waals surface area contributed by atoms with E-state index in [2.05, 4.69) is 4.98 Å². The fourth-order valence-corrected chi connectivity index (χ4v) is 3.93. The van der Waals surface area contributed by atoms with Gasteiger partial charge >= 0.3 is 5.97 Å². The first-order valence-corrected chi connectivity index (χ1v) is 9.29. The predicted octanol–water partition coefficient (Wildman–Crippen LogP) is 1.85. The summed E-state index contributed by atoms with van der Waals surface area (Å²) in [4.78, 5) is 43.0. The molecule has 1 aromatic carbocycles. The third-order valence-corrected chi connectivity index (χ3v) is 5.41. The van der Waals surface area contributed by atoms with Gasteiger partial charge in [-0.25, -0.2) is 0 Å². The van der Waals surface area contributed by atoms with Crippen LogP contribution < -0.4 is 5.56 Å². The molecular formula is C20H25N3O4. The normalized spacial score (nSPS) is 15.4. The van der Waals surface area contributed by atoms with Crippen molar-refractivity contribution in [3.63, 3.8) is 0 Å². The lowest BCUT2D eigenvalue weighted by Crippen LogP contribution is -2.48. The molecule has 2 aromatic rings. The molecule has 7 nitrogen and oxygen atoms in total. The highest BCUT2D eigenvalue weighted by Crippen LogP contribution is 2.21. The molecule has 144 valence electrons. The number of aliphatic carboxylic acids is 1. The van der Waals surface area contributed by atoms with Gasteiger partial charge in [0, 0.05) is 30.0 Å². The Kier molecular flexibility index (Phi) is 5.60. The van der Waals surface area contributed by atoms with Gasteiger partial charge in [0.15, 0.2) is 0 Å². The van der Waals surface area contributed by atoms with Crippen molar-refractivity contribution in [2.24, 2.45) is 0 Å². The van der Waals surface area contributed by atoms with E-state index in [1.165, 1.54) is 0 Å². The molecule has 0 bridgehead atoms. The summed E-state index contributed by atoms with van der Waals surface area (Å²) in [6.07, 6.45) is 1.41. The van der Waals surface area contributed by atoms with Gasteiger partial charge in [-0.3, -0.25) is 19.3 Å². The number of aryl methyl sites for hydroxylation is 1. The number of pyridine rings is 1. The molecule has 1 aliphatic heterocycles. The van der Waals surface area contributed by atoms with Crippen molar-refractivity contribution in [3.8, 4) is 0 Å². The Morgan fingerprint density at radius 3 is 2.56 bits per heavy atom. The number of H-pyrrole nitrogens is 1. The Hall–Kier alpha value is -2.67. The topological polar surface area (TPSA) is 93.7 Å². The van der Waals surface area contributed by atoms with Gasteiger partial charge in [0.1, 0.15) is 5.56 Å². The van der Waals surface area contributed by atoms with Crippen molar-refractivity contribution in [3.05, 3.63) is 45.7 Å². The zero-order chi connectivity index (χ0) is 19.6. The second kappa shape index (κ2) is 7.92. The van der Waals surface area contributed by atoms with Crippen LogP contribution in [0.4, 0.5) is 0 Å². The lowest BCUT2D eigenvalue weighted by molar-refractivity contribution is -0.139. The van der Waals surface area contributed by atoms with Crippen LogP contribution in [0.2, 0.25) is 0 Å². The summed E-state index contributed by atoms with van der Waals surface area (Å²) < 4.78 is 0. The molecule has 0 unspecified atom stereocenters.